The van der Waals surface area contributed by atoms with Crippen LogP contribution in [0, 0.1) is 13.8 Å². The van der Waals surface area contributed by atoms with E-state index in [1.807, 2.05) is 6.07 Å². The monoisotopic (exact) mass is 276 g/mol. The van der Waals surface area contributed by atoms with Gasteiger partial charge in [-0.1, -0.05) is 18.2 Å². The van der Waals surface area contributed by atoms with Crippen LogP contribution in [0.1, 0.15) is 16.7 Å². The summed E-state index contributed by atoms with van der Waals surface area (Å²) in [6.07, 6.45) is 0.595. The van der Waals surface area contributed by atoms with Crippen LogP contribution < -0.4 is 0 Å². The van der Waals surface area contributed by atoms with Crippen molar-refractivity contribution in [1.29, 1.82) is 0 Å². The molecule has 4 heteroatoms. The summed E-state index contributed by atoms with van der Waals surface area (Å²) in [5, 5.41) is 9.58. The molecule has 0 radical (unpaired) electrons. The number of hydrogen-bond donors (Lipinski definition) is 1. The molecule has 0 bridgehead atoms. The van der Waals surface area contributed by atoms with Gasteiger partial charge in [0.25, 0.3) is 0 Å². The maximum absolute atomic E-state index is 11.7. The molecule has 0 spiro atoms. The standard InChI is InChI=1S/C16H24N2O2/c1-12-5-4-6-13(2)14(12)11-15(16(19)20)18-9-7-17(3)8-10-18/h4-6,15H,7-11H2,1-3H3,(H,19,20)/t15-/m0/s1. The third kappa shape index (κ3) is 3.38. The van der Waals surface area contributed by atoms with E-state index in [-0.39, 0.29) is 0 Å². The largest absolute Gasteiger partial charge is 0.480 e. The van der Waals surface area contributed by atoms with Crippen molar-refractivity contribution in [3.63, 3.8) is 0 Å². The van der Waals surface area contributed by atoms with Gasteiger partial charge in [-0.15, -0.1) is 0 Å². The fourth-order valence-corrected chi connectivity index (χ4v) is 2.87. The Kier molecular flexibility index (Phi) is 4.78. The van der Waals surface area contributed by atoms with Crippen molar-refractivity contribution in [3.05, 3.63) is 34.9 Å². The highest BCUT2D eigenvalue weighted by molar-refractivity contribution is 5.74. The zero-order chi connectivity index (χ0) is 14.7. The Labute approximate surface area is 121 Å². The molecule has 1 aliphatic rings. The normalized spacial score (nSPS) is 18.9. The Hall–Kier alpha value is -1.39. The molecule has 0 unspecified atom stereocenters. The third-order valence-corrected chi connectivity index (χ3v) is 4.31. The van der Waals surface area contributed by atoms with Gasteiger partial charge >= 0.3 is 5.97 Å². The minimum atomic E-state index is -0.711. The van der Waals surface area contributed by atoms with Crippen molar-refractivity contribution >= 4 is 5.97 Å². The Morgan fingerprint density at radius 1 is 1.20 bits per heavy atom. The van der Waals surface area contributed by atoms with E-state index in [4.69, 9.17) is 0 Å². The zero-order valence-electron chi connectivity index (χ0n) is 12.6. The highest BCUT2D eigenvalue weighted by Gasteiger charge is 2.28. The SMILES string of the molecule is Cc1cccc(C)c1C[C@@H](C(=O)O)N1CCN(C)CC1. The first-order chi connectivity index (χ1) is 9.49. The van der Waals surface area contributed by atoms with E-state index >= 15 is 0 Å². The average molecular weight is 276 g/mol. The van der Waals surface area contributed by atoms with E-state index in [1.165, 1.54) is 16.7 Å². The summed E-state index contributed by atoms with van der Waals surface area (Å²) in [4.78, 5) is 16.0. The number of carbonyl (C=O) groups is 1. The number of benzene rings is 1. The number of carboxylic acids is 1. The second-order valence-electron chi connectivity index (χ2n) is 5.77. The predicted octanol–water partition coefficient (Wildman–Crippen LogP) is 1.55. The second kappa shape index (κ2) is 6.37. The van der Waals surface area contributed by atoms with Gasteiger partial charge in [-0.3, -0.25) is 9.69 Å². The van der Waals surface area contributed by atoms with Gasteiger partial charge in [-0.2, -0.15) is 0 Å². The topological polar surface area (TPSA) is 43.8 Å². The highest BCUT2D eigenvalue weighted by Crippen LogP contribution is 2.18. The Balaban J connectivity index is 2.16. The van der Waals surface area contributed by atoms with Crippen LogP contribution >= 0.6 is 0 Å². The summed E-state index contributed by atoms with van der Waals surface area (Å²) >= 11 is 0. The van der Waals surface area contributed by atoms with E-state index in [1.54, 1.807) is 0 Å². The number of hydrogen-bond acceptors (Lipinski definition) is 3. The Morgan fingerprint density at radius 3 is 2.25 bits per heavy atom. The molecule has 0 saturated carbocycles. The van der Waals surface area contributed by atoms with Crippen LogP contribution in [-0.2, 0) is 11.2 Å². The third-order valence-electron chi connectivity index (χ3n) is 4.31. The number of aliphatic carboxylic acids is 1. The van der Waals surface area contributed by atoms with Crippen molar-refractivity contribution in [2.75, 3.05) is 33.2 Å². The summed E-state index contributed by atoms with van der Waals surface area (Å²) < 4.78 is 0. The molecule has 1 N–H and O–H groups in total. The molecule has 2 rings (SSSR count). The van der Waals surface area contributed by atoms with Crippen LogP contribution in [-0.4, -0.2) is 60.1 Å². The average Bonchev–Trinajstić information content (AvgIpc) is 2.39. The molecular formula is C16H24N2O2. The predicted molar refractivity (Wildman–Crippen MR) is 80.1 cm³/mol. The number of aryl methyl sites for hydroxylation is 2. The molecule has 1 heterocycles. The van der Waals surface area contributed by atoms with E-state index in [9.17, 15) is 9.90 Å². The second-order valence-corrected chi connectivity index (χ2v) is 5.77. The van der Waals surface area contributed by atoms with Gasteiger partial charge in [-0.05, 0) is 44.0 Å². The molecule has 1 atom stereocenters. The van der Waals surface area contributed by atoms with Gasteiger partial charge in [0, 0.05) is 26.2 Å². The van der Waals surface area contributed by atoms with Crippen molar-refractivity contribution in [3.8, 4) is 0 Å². The van der Waals surface area contributed by atoms with Crippen molar-refractivity contribution in [1.82, 2.24) is 9.80 Å². The minimum absolute atomic E-state index is 0.413. The van der Waals surface area contributed by atoms with Gasteiger partial charge in [-0.25, -0.2) is 0 Å². The van der Waals surface area contributed by atoms with Gasteiger partial charge in [0.2, 0.25) is 0 Å². The number of carboxylic acid groups (broad SMARTS) is 1. The van der Waals surface area contributed by atoms with Crippen LogP contribution in [0.2, 0.25) is 0 Å². The quantitative estimate of drug-likeness (QED) is 0.906. The number of rotatable bonds is 4. The Morgan fingerprint density at radius 2 is 1.75 bits per heavy atom. The maximum atomic E-state index is 11.7. The molecule has 4 nitrogen and oxygen atoms in total. The minimum Gasteiger partial charge on any atom is -0.480 e. The smallest absolute Gasteiger partial charge is 0.321 e. The summed E-state index contributed by atoms with van der Waals surface area (Å²) in [6.45, 7) is 7.67. The van der Waals surface area contributed by atoms with Gasteiger partial charge in [0.15, 0.2) is 0 Å². The van der Waals surface area contributed by atoms with Crippen LogP contribution in [0.3, 0.4) is 0 Å². The molecule has 1 fully saturated rings. The fourth-order valence-electron chi connectivity index (χ4n) is 2.87. The number of likely N-dealkylation sites (N-methyl/N-ethyl adjacent to an activating group) is 1. The van der Waals surface area contributed by atoms with E-state index in [2.05, 4.69) is 42.8 Å². The van der Waals surface area contributed by atoms with Crippen LogP contribution in [0.5, 0.6) is 0 Å². The summed E-state index contributed by atoms with van der Waals surface area (Å²) in [7, 11) is 2.08. The molecule has 0 amide bonds. The molecule has 1 aliphatic heterocycles. The number of piperazine rings is 1. The van der Waals surface area contributed by atoms with E-state index in [0.29, 0.717) is 6.42 Å². The first kappa shape index (κ1) is 15.0. The summed E-state index contributed by atoms with van der Waals surface area (Å²) in [5.41, 5.74) is 3.55. The van der Waals surface area contributed by atoms with Crippen LogP contribution in [0.4, 0.5) is 0 Å². The molecular weight excluding hydrogens is 252 g/mol. The molecule has 0 aromatic heterocycles. The lowest BCUT2D eigenvalue weighted by atomic mass is 9.95. The van der Waals surface area contributed by atoms with Crippen molar-refractivity contribution < 1.29 is 9.90 Å². The first-order valence-corrected chi connectivity index (χ1v) is 7.19. The lowest BCUT2D eigenvalue weighted by Gasteiger charge is -2.36. The van der Waals surface area contributed by atoms with Crippen molar-refractivity contribution in [2.24, 2.45) is 0 Å². The molecule has 0 aliphatic carbocycles. The first-order valence-electron chi connectivity index (χ1n) is 7.19. The zero-order valence-corrected chi connectivity index (χ0v) is 12.6. The molecule has 1 saturated heterocycles. The van der Waals surface area contributed by atoms with Gasteiger partial charge in [0.05, 0.1) is 0 Å². The van der Waals surface area contributed by atoms with Crippen LogP contribution in [0.15, 0.2) is 18.2 Å². The lowest BCUT2D eigenvalue weighted by molar-refractivity contribution is -0.144. The van der Waals surface area contributed by atoms with Crippen molar-refractivity contribution in [2.45, 2.75) is 26.3 Å². The van der Waals surface area contributed by atoms with Gasteiger partial charge in [0.1, 0.15) is 6.04 Å². The maximum Gasteiger partial charge on any atom is 0.321 e. The number of nitrogens with zero attached hydrogens (tertiary/aromatic N) is 2. The van der Waals surface area contributed by atoms with Gasteiger partial charge < -0.3 is 10.0 Å². The van der Waals surface area contributed by atoms with E-state index < -0.39 is 12.0 Å². The molecule has 110 valence electrons. The fraction of sp³-hybridized carbons (Fsp3) is 0.562. The van der Waals surface area contributed by atoms with Crippen LogP contribution in [0.25, 0.3) is 0 Å². The molecule has 1 aromatic rings. The van der Waals surface area contributed by atoms with E-state index in [0.717, 1.165) is 26.2 Å². The summed E-state index contributed by atoms with van der Waals surface area (Å²) in [6, 6.07) is 5.74. The Bertz CT molecular complexity index is 459. The highest BCUT2D eigenvalue weighted by atomic mass is 16.4. The molecule has 20 heavy (non-hydrogen) atoms. The molecule has 1 aromatic carbocycles. The lowest BCUT2D eigenvalue weighted by Crippen LogP contribution is -2.52. The summed E-state index contributed by atoms with van der Waals surface area (Å²) in [5.74, 6) is -0.711.